The van der Waals surface area contributed by atoms with Crippen LogP contribution in [0.3, 0.4) is 0 Å². The van der Waals surface area contributed by atoms with Crippen molar-refractivity contribution in [3.05, 3.63) is 70.8 Å². The van der Waals surface area contributed by atoms with Crippen LogP contribution in [-0.2, 0) is 0 Å². The summed E-state index contributed by atoms with van der Waals surface area (Å²) in [5, 5.41) is 0. The van der Waals surface area contributed by atoms with E-state index in [9.17, 15) is 0 Å². The van der Waals surface area contributed by atoms with Crippen LogP contribution in [0.15, 0.2) is 48.5 Å². The molecule has 0 saturated heterocycles. The van der Waals surface area contributed by atoms with Crippen LogP contribution >= 0.6 is 0 Å². The molecule has 0 spiro atoms. The zero-order valence-corrected chi connectivity index (χ0v) is 9.77. The highest BCUT2D eigenvalue weighted by atomic mass is 14.0. The molecule has 0 heteroatoms. The normalized spacial score (nSPS) is 10.9. The molecule has 2 aromatic carbocycles. The minimum absolute atomic E-state index is 1.28. The fourth-order valence-corrected chi connectivity index (χ4v) is 1.73. The molecule has 2 rings (SSSR count). The Kier molecular flexibility index (Phi) is 3.21. The van der Waals surface area contributed by atoms with Gasteiger partial charge in [-0.15, -0.1) is 0 Å². The third-order valence-corrected chi connectivity index (χ3v) is 2.82. The molecule has 0 fully saturated rings. The Morgan fingerprint density at radius 3 is 1.38 bits per heavy atom. The summed E-state index contributed by atoms with van der Waals surface area (Å²) in [6.07, 6.45) is 4.36. The van der Waals surface area contributed by atoms with Gasteiger partial charge in [-0.25, -0.2) is 0 Å². The minimum Gasteiger partial charge on any atom is -0.0620 e. The Morgan fingerprint density at radius 1 is 0.625 bits per heavy atom. The van der Waals surface area contributed by atoms with E-state index in [0.29, 0.717) is 0 Å². The summed E-state index contributed by atoms with van der Waals surface area (Å²) < 4.78 is 0. The van der Waals surface area contributed by atoms with Crippen LogP contribution in [0.5, 0.6) is 0 Å². The predicted molar refractivity (Wildman–Crippen MR) is 71.3 cm³/mol. The van der Waals surface area contributed by atoms with Gasteiger partial charge in [-0.05, 0) is 36.1 Å². The molecule has 0 N–H and O–H groups in total. The summed E-state index contributed by atoms with van der Waals surface area (Å²) in [6.45, 7) is 4.27. The molecular formula is C16H16. The van der Waals surface area contributed by atoms with Gasteiger partial charge in [0, 0.05) is 0 Å². The van der Waals surface area contributed by atoms with Gasteiger partial charge in [0.1, 0.15) is 0 Å². The summed E-state index contributed by atoms with van der Waals surface area (Å²) in [4.78, 5) is 0. The number of hydrogen-bond donors (Lipinski definition) is 0. The SMILES string of the molecule is Cc1ccccc1/C=C/c1ccccc1C. The summed E-state index contributed by atoms with van der Waals surface area (Å²) in [5.41, 5.74) is 5.19. The highest BCUT2D eigenvalue weighted by Gasteiger charge is 1.93. The summed E-state index contributed by atoms with van der Waals surface area (Å²) in [5.74, 6) is 0. The van der Waals surface area contributed by atoms with Crippen molar-refractivity contribution in [1.82, 2.24) is 0 Å². The van der Waals surface area contributed by atoms with Crippen LogP contribution in [0.1, 0.15) is 22.3 Å². The number of aryl methyl sites for hydroxylation is 2. The van der Waals surface area contributed by atoms with Crippen LogP contribution in [0.2, 0.25) is 0 Å². The van der Waals surface area contributed by atoms with E-state index < -0.39 is 0 Å². The molecule has 0 amide bonds. The van der Waals surface area contributed by atoms with Crippen molar-refractivity contribution < 1.29 is 0 Å². The molecule has 0 aliphatic rings. The first-order chi connectivity index (χ1) is 7.77. The summed E-state index contributed by atoms with van der Waals surface area (Å²) >= 11 is 0. The molecule has 0 bridgehead atoms. The highest BCUT2D eigenvalue weighted by molar-refractivity contribution is 5.72. The van der Waals surface area contributed by atoms with Crippen molar-refractivity contribution in [1.29, 1.82) is 0 Å². The van der Waals surface area contributed by atoms with Crippen molar-refractivity contribution in [3.63, 3.8) is 0 Å². The van der Waals surface area contributed by atoms with Gasteiger partial charge in [-0.1, -0.05) is 60.7 Å². The van der Waals surface area contributed by atoms with Gasteiger partial charge in [0.05, 0.1) is 0 Å². The Hall–Kier alpha value is -1.82. The van der Waals surface area contributed by atoms with E-state index in [1.807, 2.05) is 0 Å². The highest BCUT2D eigenvalue weighted by Crippen LogP contribution is 2.14. The fourth-order valence-electron chi connectivity index (χ4n) is 1.73. The van der Waals surface area contributed by atoms with Crippen LogP contribution in [-0.4, -0.2) is 0 Å². The maximum atomic E-state index is 2.18. The molecule has 0 aromatic heterocycles. The molecule has 0 radical (unpaired) electrons. The first-order valence-corrected chi connectivity index (χ1v) is 5.57. The van der Waals surface area contributed by atoms with E-state index in [4.69, 9.17) is 0 Å². The lowest BCUT2D eigenvalue weighted by molar-refractivity contribution is 1.43. The lowest BCUT2D eigenvalue weighted by Gasteiger charge is -2.01. The third kappa shape index (κ3) is 2.40. The number of rotatable bonds is 2. The van der Waals surface area contributed by atoms with E-state index >= 15 is 0 Å². The van der Waals surface area contributed by atoms with Crippen molar-refractivity contribution in [3.8, 4) is 0 Å². The average molecular weight is 208 g/mol. The Balaban J connectivity index is 2.29. The lowest BCUT2D eigenvalue weighted by atomic mass is 10.0. The first-order valence-electron chi connectivity index (χ1n) is 5.57. The minimum atomic E-state index is 1.28. The number of hydrogen-bond acceptors (Lipinski definition) is 0. The standard InChI is InChI=1S/C16H16/c1-13-7-3-5-9-15(13)11-12-16-10-6-4-8-14(16)2/h3-12H,1-2H3/b12-11+. The van der Waals surface area contributed by atoms with E-state index in [-0.39, 0.29) is 0 Å². The Labute approximate surface area is 97.3 Å². The summed E-state index contributed by atoms with van der Waals surface area (Å²) in [6, 6.07) is 16.8. The number of benzene rings is 2. The van der Waals surface area contributed by atoms with Crippen LogP contribution in [0.25, 0.3) is 12.2 Å². The molecule has 0 heterocycles. The molecule has 80 valence electrons. The molecule has 2 aromatic rings. The topological polar surface area (TPSA) is 0 Å². The fraction of sp³-hybridized carbons (Fsp3) is 0.125. The molecule has 0 nitrogen and oxygen atoms in total. The zero-order chi connectivity index (χ0) is 11.4. The first kappa shape index (κ1) is 10.7. The van der Waals surface area contributed by atoms with Crippen LogP contribution in [0.4, 0.5) is 0 Å². The second-order valence-corrected chi connectivity index (χ2v) is 4.05. The van der Waals surface area contributed by atoms with Gasteiger partial charge in [-0.3, -0.25) is 0 Å². The monoisotopic (exact) mass is 208 g/mol. The molecule has 0 unspecified atom stereocenters. The molecular weight excluding hydrogens is 192 g/mol. The second-order valence-electron chi connectivity index (χ2n) is 4.05. The molecule has 0 aliphatic heterocycles. The second kappa shape index (κ2) is 4.80. The molecule has 16 heavy (non-hydrogen) atoms. The quantitative estimate of drug-likeness (QED) is 0.638. The van der Waals surface area contributed by atoms with Crippen LogP contribution < -0.4 is 0 Å². The van der Waals surface area contributed by atoms with E-state index in [0.717, 1.165) is 0 Å². The molecule has 0 saturated carbocycles. The van der Waals surface area contributed by atoms with Crippen molar-refractivity contribution in [2.24, 2.45) is 0 Å². The van der Waals surface area contributed by atoms with E-state index in [2.05, 4.69) is 74.5 Å². The van der Waals surface area contributed by atoms with Crippen molar-refractivity contribution in [2.75, 3.05) is 0 Å². The Morgan fingerprint density at radius 2 is 1.00 bits per heavy atom. The van der Waals surface area contributed by atoms with Gasteiger partial charge < -0.3 is 0 Å². The molecule has 0 atom stereocenters. The lowest BCUT2D eigenvalue weighted by Crippen LogP contribution is -1.80. The van der Waals surface area contributed by atoms with Gasteiger partial charge in [-0.2, -0.15) is 0 Å². The smallest absolute Gasteiger partial charge is 0.0227 e. The predicted octanol–water partition coefficient (Wildman–Crippen LogP) is 4.47. The van der Waals surface area contributed by atoms with Crippen molar-refractivity contribution in [2.45, 2.75) is 13.8 Å². The maximum absolute atomic E-state index is 2.18. The Bertz CT molecular complexity index is 459. The zero-order valence-electron chi connectivity index (χ0n) is 9.77. The third-order valence-electron chi connectivity index (χ3n) is 2.82. The van der Waals surface area contributed by atoms with Gasteiger partial charge in [0.2, 0.25) is 0 Å². The van der Waals surface area contributed by atoms with Gasteiger partial charge in [0.15, 0.2) is 0 Å². The van der Waals surface area contributed by atoms with Crippen LogP contribution in [0, 0.1) is 13.8 Å². The molecule has 0 aliphatic carbocycles. The van der Waals surface area contributed by atoms with Crippen molar-refractivity contribution >= 4 is 12.2 Å². The van der Waals surface area contributed by atoms with E-state index in [1.54, 1.807) is 0 Å². The van der Waals surface area contributed by atoms with Gasteiger partial charge in [0.25, 0.3) is 0 Å². The largest absolute Gasteiger partial charge is 0.0620 e. The average Bonchev–Trinajstić information content (AvgIpc) is 2.30. The van der Waals surface area contributed by atoms with Gasteiger partial charge >= 0.3 is 0 Å². The summed E-state index contributed by atoms with van der Waals surface area (Å²) in [7, 11) is 0. The maximum Gasteiger partial charge on any atom is -0.0227 e. The van der Waals surface area contributed by atoms with E-state index in [1.165, 1.54) is 22.3 Å².